The average molecular weight is 652 g/mol. The molecule has 0 aliphatic rings. The van der Waals surface area contributed by atoms with Gasteiger partial charge in [0, 0.05) is 27.5 Å². The molecule has 51 heavy (non-hydrogen) atoms. The third kappa shape index (κ3) is 4.96. The first-order valence-electron chi connectivity index (χ1n) is 17.1. The molecule has 238 valence electrons. The number of furan rings is 1. The van der Waals surface area contributed by atoms with Gasteiger partial charge in [0.1, 0.15) is 11.2 Å². The van der Waals surface area contributed by atoms with Crippen LogP contribution in [0.15, 0.2) is 180 Å². The fraction of sp³-hybridized carbons (Fsp3) is 0. The molecule has 0 saturated carbocycles. The zero-order valence-electron chi connectivity index (χ0n) is 27.5. The second-order valence-corrected chi connectivity index (χ2v) is 12.8. The minimum atomic E-state index is 0.600. The molecule has 0 bridgehead atoms. The summed E-state index contributed by atoms with van der Waals surface area (Å²) in [6.07, 6.45) is 0. The predicted molar refractivity (Wildman–Crippen MR) is 209 cm³/mol. The molecular formula is C47H29N3O. The quantitative estimate of drug-likeness (QED) is 0.186. The molecule has 0 fully saturated rings. The average Bonchev–Trinajstić information content (AvgIpc) is 3.60. The summed E-state index contributed by atoms with van der Waals surface area (Å²) < 4.78 is 6.26. The maximum absolute atomic E-state index is 6.26. The molecule has 0 amide bonds. The van der Waals surface area contributed by atoms with E-state index in [2.05, 4.69) is 115 Å². The van der Waals surface area contributed by atoms with Gasteiger partial charge in [0.25, 0.3) is 0 Å². The van der Waals surface area contributed by atoms with Gasteiger partial charge in [0.15, 0.2) is 17.5 Å². The molecule has 8 aromatic carbocycles. The maximum atomic E-state index is 6.26. The summed E-state index contributed by atoms with van der Waals surface area (Å²) in [7, 11) is 0. The zero-order chi connectivity index (χ0) is 33.7. The van der Waals surface area contributed by atoms with Crippen molar-refractivity contribution in [2.75, 3.05) is 0 Å². The van der Waals surface area contributed by atoms with Crippen LogP contribution in [0.3, 0.4) is 0 Å². The lowest BCUT2D eigenvalue weighted by Crippen LogP contribution is -2.01. The first-order valence-corrected chi connectivity index (χ1v) is 17.1. The number of hydrogen-bond acceptors (Lipinski definition) is 4. The molecule has 10 rings (SSSR count). The van der Waals surface area contributed by atoms with Gasteiger partial charge >= 0.3 is 0 Å². The van der Waals surface area contributed by atoms with Crippen molar-refractivity contribution in [3.63, 3.8) is 0 Å². The molecule has 0 aliphatic carbocycles. The molecular weight excluding hydrogens is 623 g/mol. The lowest BCUT2D eigenvalue weighted by molar-refractivity contribution is 0.669. The van der Waals surface area contributed by atoms with Gasteiger partial charge in [-0.3, -0.25) is 0 Å². The highest BCUT2D eigenvalue weighted by Gasteiger charge is 2.19. The first kappa shape index (κ1) is 29.0. The van der Waals surface area contributed by atoms with Gasteiger partial charge in [-0.1, -0.05) is 152 Å². The van der Waals surface area contributed by atoms with Crippen molar-refractivity contribution in [2.45, 2.75) is 0 Å². The number of rotatable bonds is 5. The summed E-state index contributed by atoms with van der Waals surface area (Å²) in [5.74, 6) is 1.83. The van der Waals surface area contributed by atoms with Gasteiger partial charge in [0.2, 0.25) is 0 Å². The lowest BCUT2D eigenvalue weighted by atomic mass is 9.89. The number of hydrogen-bond donors (Lipinski definition) is 0. The highest BCUT2D eigenvalue weighted by Crippen LogP contribution is 2.41. The topological polar surface area (TPSA) is 51.8 Å². The Bertz CT molecular complexity index is 2910. The van der Waals surface area contributed by atoms with E-state index in [1.54, 1.807) is 0 Å². The van der Waals surface area contributed by atoms with Crippen LogP contribution in [0.5, 0.6) is 0 Å². The van der Waals surface area contributed by atoms with Gasteiger partial charge in [-0.05, 0) is 68.1 Å². The Morgan fingerprint density at radius 2 is 0.882 bits per heavy atom. The van der Waals surface area contributed by atoms with E-state index >= 15 is 0 Å². The van der Waals surface area contributed by atoms with E-state index < -0.39 is 0 Å². The van der Waals surface area contributed by atoms with Crippen LogP contribution in [0.1, 0.15) is 0 Å². The van der Waals surface area contributed by atoms with E-state index in [-0.39, 0.29) is 0 Å². The van der Waals surface area contributed by atoms with Gasteiger partial charge in [-0.2, -0.15) is 0 Å². The van der Waals surface area contributed by atoms with E-state index in [0.29, 0.717) is 17.5 Å². The third-order valence-corrected chi connectivity index (χ3v) is 9.73. The smallest absolute Gasteiger partial charge is 0.164 e. The van der Waals surface area contributed by atoms with Gasteiger partial charge in [-0.25, -0.2) is 15.0 Å². The summed E-state index contributed by atoms with van der Waals surface area (Å²) in [6, 6.07) is 61.1. The summed E-state index contributed by atoms with van der Waals surface area (Å²) in [5.41, 5.74) is 9.09. The highest BCUT2D eigenvalue weighted by atomic mass is 16.3. The molecule has 0 aliphatic heterocycles. The molecule has 4 heteroatoms. The van der Waals surface area contributed by atoms with Crippen LogP contribution >= 0.6 is 0 Å². The maximum Gasteiger partial charge on any atom is 0.164 e. The second-order valence-electron chi connectivity index (χ2n) is 12.8. The van der Waals surface area contributed by atoms with Crippen LogP contribution in [0.2, 0.25) is 0 Å². The number of aromatic nitrogens is 3. The third-order valence-electron chi connectivity index (χ3n) is 9.73. The van der Waals surface area contributed by atoms with Crippen LogP contribution in [0, 0.1) is 0 Å². The number of fused-ring (bicyclic) bond motifs is 5. The molecule has 0 unspecified atom stereocenters. The van der Waals surface area contributed by atoms with Crippen molar-refractivity contribution in [3.05, 3.63) is 176 Å². The summed E-state index contributed by atoms with van der Waals surface area (Å²) in [6.45, 7) is 0. The largest absolute Gasteiger partial charge is 0.456 e. The van der Waals surface area contributed by atoms with Crippen LogP contribution < -0.4 is 0 Å². The Morgan fingerprint density at radius 1 is 0.314 bits per heavy atom. The molecule has 0 N–H and O–H groups in total. The van der Waals surface area contributed by atoms with Crippen LogP contribution in [-0.2, 0) is 0 Å². The van der Waals surface area contributed by atoms with E-state index in [1.807, 2.05) is 60.7 Å². The predicted octanol–water partition coefficient (Wildman–Crippen LogP) is 12.4. The molecule has 0 saturated heterocycles. The highest BCUT2D eigenvalue weighted by molar-refractivity contribution is 6.12. The van der Waals surface area contributed by atoms with Crippen molar-refractivity contribution in [3.8, 4) is 56.4 Å². The summed E-state index contributed by atoms with van der Waals surface area (Å²) in [5, 5.41) is 6.72. The van der Waals surface area contributed by atoms with Crippen LogP contribution in [0.4, 0.5) is 0 Å². The van der Waals surface area contributed by atoms with E-state index in [1.165, 1.54) is 27.3 Å². The summed E-state index contributed by atoms with van der Waals surface area (Å²) in [4.78, 5) is 15.5. The molecule has 0 spiro atoms. The standard InChI is InChI=1S/C47H29N3O/c1-3-14-30(15-4-1)35-26-27-38(37-21-10-9-20-36(35)37)41-29-33(28-32-18-7-8-19-34(32)41)46-48-45(31-16-5-2-6-17-31)49-47(50-46)40-23-13-25-43-44(40)39-22-11-12-24-42(39)51-43/h1-29H. The van der Waals surface area contributed by atoms with Crippen LogP contribution in [-0.4, -0.2) is 15.0 Å². The van der Waals surface area contributed by atoms with Gasteiger partial charge < -0.3 is 4.42 Å². The molecule has 0 radical (unpaired) electrons. The summed E-state index contributed by atoms with van der Waals surface area (Å²) >= 11 is 0. The number of para-hydroxylation sites is 1. The molecule has 4 nitrogen and oxygen atoms in total. The Balaban J connectivity index is 1.23. The monoisotopic (exact) mass is 651 g/mol. The SMILES string of the molecule is c1ccc(-c2nc(-c3cc(-c4ccc(-c5ccccc5)c5ccccc45)c4ccccc4c3)nc(-c3cccc4oc5ccccc5c34)n2)cc1. The molecule has 2 heterocycles. The van der Waals surface area contributed by atoms with Gasteiger partial charge in [0.05, 0.1) is 0 Å². The van der Waals surface area contributed by atoms with E-state index in [0.717, 1.165) is 55.1 Å². The van der Waals surface area contributed by atoms with Crippen molar-refractivity contribution < 1.29 is 4.42 Å². The zero-order valence-corrected chi connectivity index (χ0v) is 27.5. The fourth-order valence-electron chi connectivity index (χ4n) is 7.37. The minimum absolute atomic E-state index is 0.600. The first-order chi connectivity index (χ1) is 25.3. The molecule has 0 atom stereocenters. The normalized spacial score (nSPS) is 11.5. The second kappa shape index (κ2) is 11.9. The Hall–Kier alpha value is -6.91. The molecule has 10 aromatic rings. The van der Waals surface area contributed by atoms with Crippen LogP contribution in [0.25, 0.3) is 99.9 Å². The van der Waals surface area contributed by atoms with Crippen molar-refractivity contribution >= 4 is 43.5 Å². The number of nitrogens with zero attached hydrogens (tertiary/aromatic N) is 3. The number of benzene rings is 8. The lowest BCUT2D eigenvalue weighted by Gasteiger charge is -2.16. The van der Waals surface area contributed by atoms with Crippen molar-refractivity contribution in [1.82, 2.24) is 15.0 Å². The van der Waals surface area contributed by atoms with Crippen molar-refractivity contribution in [1.29, 1.82) is 0 Å². The Labute approximate surface area is 294 Å². The fourth-order valence-corrected chi connectivity index (χ4v) is 7.37. The van der Waals surface area contributed by atoms with Gasteiger partial charge in [-0.15, -0.1) is 0 Å². The molecule has 2 aromatic heterocycles. The van der Waals surface area contributed by atoms with E-state index in [4.69, 9.17) is 19.4 Å². The van der Waals surface area contributed by atoms with E-state index in [9.17, 15) is 0 Å². The Morgan fingerprint density at radius 3 is 1.67 bits per heavy atom. The van der Waals surface area contributed by atoms with Crippen molar-refractivity contribution in [2.24, 2.45) is 0 Å². The Kier molecular flexibility index (Phi) is 6.78. The minimum Gasteiger partial charge on any atom is -0.456 e.